The Morgan fingerprint density at radius 3 is 2.35 bits per heavy atom. The maximum absolute atomic E-state index is 11.6. The monoisotopic (exact) mass is 257 g/mol. The van der Waals surface area contributed by atoms with Crippen molar-refractivity contribution in [3.8, 4) is 0 Å². The first-order valence-corrected chi connectivity index (χ1v) is 6.93. The van der Waals surface area contributed by atoms with E-state index in [0.29, 0.717) is 12.1 Å². The first kappa shape index (κ1) is 13.5. The predicted molar refractivity (Wildman–Crippen MR) is 65.7 cm³/mol. The summed E-state index contributed by atoms with van der Waals surface area (Å²) in [4.78, 5) is 10.6. The van der Waals surface area contributed by atoms with Gasteiger partial charge in [-0.3, -0.25) is 4.72 Å². The number of carboxylic acids is 1. The number of unbranched alkanes of at least 4 members (excludes halogenated alkanes) is 1. The topological polar surface area (TPSA) is 83.5 Å². The number of hydrogen-bond acceptors (Lipinski definition) is 3. The summed E-state index contributed by atoms with van der Waals surface area (Å²) in [7, 11) is -3.33. The fourth-order valence-electron chi connectivity index (χ4n) is 1.25. The highest BCUT2D eigenvalue weighted by atomic mass is 32.2. The SMILES string of the molecule is CCCCS(=O)(=O)Nc1ccc(C(=O)O)cc1. The third kappa shape index (κ3) is 4.44. The minimum atomic E-state index is -3.33. The molecule has 0 radical (unpaired) electrons. The van der Waals surface area contributed by atoms with Gasteiger partial charge in [0.1, 0.15) is 0 Å². The van der Waals surface area contributed by atoms with E-state index in [-0.39, 0.29) is 11.3 Å². The van der Waals surface area contributed by atoms with Crippen LogP contribution in [0.3, 0.4) is 0 Å². The molecule has 0 heterocycles. The number of sulfonamides is 1. The van der Waals surface area contributed by atoms with Gasteiger partial charge in [-0.1, -0.05) is 13.3 Å². The fraction of sp³-hybridized carbons (Fsp3) is 0.364. The van der Waals surface area contributed by atoms with E-state index < -0.39 is 16.0 Å². The van der Waals surface area contributed by atoms with Gasteiger partial charge in [0.2, 0.25) is 10.0 Å². The summed E-state index contributed by atoms with van der Waals surface area (Å²) in [6, 6.07) is 5.60. The number of rotatable bonds is 6. The Bertz CT molecular complexity index is 479. The second-order valence-electron chi connectivity index (χ2n) is 3.66. The molecule has 0 saturated carbocycles. The molecule has 94 valence electrons. The van der Waals surface area contributed by atoms with Crippen LogP contribution < -0.4 is 4.72 Å². The summed E-state index contributed by atoms with van der Waals surface area (Å²) >= 11 is 0. The molecular formula is C11H15NO4S. The largest absolute Gasteiger partial charge is 0.478 e. The van der Waals surface area contributed by atoms with E-state index >= 15 is 0 Å². The first-order chi connectivity index (χ1) is 7.94. The quantitative estimate of drug-likeness (QED) is 0.815. The number of carbonyl (C=O) groups is 1. The van der Waals surface area contributed by atoms with Gasteiger partial charge in [-0.25, -0.2) is 13.2 Å². The average Bonchev–Trinajstić information content (AvgIpc) is 2.26. The van der Waals surface area contributed by atoms with Gasteiger partial charge in [0.05, 0.1) is 11.3 Å². The highest BCUT2D eigenvalue weighted by molar-refractivity contribution is 7.92. The van der Waals surface area contributed by atoms with Crippen LogP contribution in [0.1, 0.15) is 30.1 Å². The maximum atomic E-state index is 11.6. The lowest BCUT2D eigenvalue weighted by Gasteiger charge is -2.07. The third-order valence-electron chi connectivity index (χ3n) is 2.17. The van der Waals surface area contributed by atoms with Crippen LogP contribution in [-0.4, -0.2) is 25.2 Å². The smallest absolute Gasteiger partial charge is 0.335 e. The zero-order valence-corrected chi connectivity index (χ0v) is 10.3. The van der Waals surface area contributed by atoms with Gasteiger partial charge in [-0.2, -0.15) is 0 Å². The van der Waals surface area contributed by atoms with Crippen molar-refractivity contribution in [1.29, 1.82) is 0 Å². The molecule has 0 aliphatic rings. The molecule has 1 aromatic rings. The number of nitrogens with one attached hydrogen (secondary N) is 1. The number of anilines is 1. The van der Waals surface area contributed by atoms with Crippen molar-refractivity contribution in [2.24, 2.45) is 0 Å². The van der Waals surface area contributed by atoms with Crippen LogP contribution in [0.5, 0.6) is 0 Å². The van der Waals surface area contributed by atoms with Crippen LogP contribution in [0.25, 0.3) is 0 Å². The highest BCUT2D eigenvalue weighted by Crippen LogP contribution is 2.12. The molecule has 5 nitrogen and oxygen atoms in total. The Morgan fingerprint density at radius 2 is 1.88 bits per heavy atom. The van der Waals surface area contributed by atoms with Crippen molar-refractivity contribution in [2.75, 3.05) is 10.5 Å². The van der Waals surface area contributed by atoms with E-state index in [9.17, 15) is 13.2 Å². The van der Waals surface area contributed by atoms with Crippen LogP contribution in [0.15, 0.2) is 24.3 Å². The summed E-state index contributed by atoms with van der Waals surface area (Å²) in [6.45, 7) is 1.91. The summed E-state index contributed by atoms with van der Waals surface area (Å²) in [5.74, 6) is -0.963. The van der Waals surface area contributed by atoms with Crippen LogP contribution in [0.2, 0.25) is 0 Å². The van der Waals surface area contributed by atoms with Crippen LogP contribution >= 0.6 is 0 Å². The van der Waals surface area contributed by atoms with Gasteiger partial charge >= 0.3 is 5.97 Å². The van der Waals surface area contributed by atoms with Crippen molar-refractivity contribution >= 4 is 21.7 Å². The average molecular weight is 257 g/mol. The van der Waals surface area contributed by atoms with Crippen molar-refractivity contribution in [2.45, 2.75) is 19.8 Å². The fourth-order valence-corrected chi connectivity index (χ4v) is 2.51. The second kappa shape index (κ2) is 5.67. The molecule has 17 heavy (non-hydrogen) atoms. The molecule has 1 rings (SSSR count). The molecule has 0 fully saturated rings. The summed E-state index contributed by atoms with van der Waals surface area (Å²) < 4.78 is 25.5. The van der Waals surface area contributed by atoms with Crippen molar-refractivity contribution < 1.29 is 18.3 Å². The van der Waals surface area contributed by atoms with Gasteiger partial charge in [-0.05, 0) is 30.7 Å². The number of benzene rings is 1. The van der Waals surface area contributed by atoms with E-state index in [1.165, 1.54) is 24.3 Å². The zero-order valence-electron chi connectivity index (χ0n) is 9.51. The molecular weight excluding hydrogens is 242 g/mol. The van der Waals surface area contributed by atoms with Gasteiger partial charge in [0.25, 0.3) is 0 Å². The molecule has 1 aromatic carbocycles. The Labute approximate surface area is 101 Å². The lowest BCUT2D eigenvalue weighted by Crippen LogP contribution is -2.16. The molecule has 0 aliphatic heterocycles. The van der Waals surface area contributed by atoms with Crippen molar-refractivity contribution in [3.63, 3.8) is 0 Å². The molecule has 0 saturated heterocycles. The van der Waals surface area contributed by atoms with Gasteiger partial charge < -0.3 is 5.11 Å². The molecule has 0 aromatic heterocycles. The Balaban J connectivity index is 2.72. The Hall–Kier alpha value is -1.56. The molecule has 0 aliphatic carbocycles. The minimum Gasteiger partial charge on any atom is -0.478 e. The number of aromatic carboxylic acids is 1. The van der Waals surface area contributed by atoms with Crippen LogP contribution in [0.4, 0.5) is 5.69 Å². The van der Waals surface area contributed by atoms with Gasteiger partial charge in [-0.15, -0.1) is 0 Å². The van der Waals surface area contributed by atoms with E-state index in [0.717, 1.165) is 6.42 Å². The summed E-state index contributed by atoms with van der Waals surface area (Å²) in [5, 5.41) is 8.69. The second-order valence-corrected chi connectivity index (χ2v) is 5.50. The third-order valence-corrected chi connectivity index (χ3v) is 3.54. The molecule has 0 atom stereocenters. The van der Waals surface area contributed by atoms with Gasteiger partial charge in [0.15, 0.2) is 0 Å². The van der Waals surface area contributed by atoms with E-state index in [1.807, 2.05) is 6.92 Å². The Morgan fingerprint density at radius 1 is 1.29 bits per heavy atom. The predicted octanol–water partition coefficient (Wildman–Crippen LogP) is 1.93. The molecule has 2 N–H and O–H groups in total. The molecule has 0 amide bonds. The number of hydrogen-bond donors (Lipinski definition) is 2. The maximum Gasteiger partial charge on any atom is 0.335 e. The number of carboxylic acid groups (broad SMARTS) is 1. The molecule has 6 heteroatoms. The summed E-state index contributed by atoms with van der Waals surface area (Å²) in [5.41, 5.74) is 0.507. The lowest BCUT2D eigenvalue weighted by atomic mass is 10.2. The summed E-state index contributed by atoms with van der Waals surface area (Å²) in [6.07, 6.45) is 1.40. The normalized spacial score (nSPS) is 11.1. The highest BCUT2D eigenvalue weighted by Gasteiger charge is 2.09. The van der Waals surface area contributed by atoms with Crippen molar-refractivity contribution in [1.82, 2.24) is 0 Å². The van der Waals surface area contributed by atoms with Gasteiger partial charge in [0, 0.05) is 5.69 Å². The van der Waals surface area contributed by atoms with E-state index in [4.69, 9.17) is 5.11 Å². The Kier molecular flexibility index (Phi) is 4.51. The molecule has 0 bridgehead atoms. The lowest BCUT2D eigenvalue weighted by molar-refractivity contribution is 0.0697. The molecule has 0 unspecified atom stereocenters. The van der Waals surface area contributed by atoms with E-state index in [2.05, 4.69) is 4.72 Å². The van der Waals surface area contributed by atoms with Crippen LogP contribution in [-0.2, 0) is 10.0 Å². The zero-order chi connectivity index (χ0) is 12.9. The standard InChI is InChI=1S/C11H15NO4S/c1-2-3-8-17(15,16)12-10-6-4-9(5-7-10)11(13)14/h4-7,12H,2-3,8H2,1H3,(H,13,14). The van der Waals surface area contributed by atoms with E-state index in [1.54, 1.807) is 0 Å². The molecule has 0 spiro atoms. The first-order valence-electron chi connectivity index (χ1n) is 5.28. The minimum absolute atomic E-state index is 0.0736. The van der Waals surface area contributed by atoms with Crippen molar-refractivity contribution in [3.05, 3.63) is 29.8 Å². The van der Waals surface area contributed by atoms with Crippen LogP contribution in [0, 0.1) is 0 Å².